The van der Waals surface area contributed by atoms with Gasteiger partial charge in [0.2, 0.25) is 10.0 Å². The summed E-state index contributed by atoms with van der Waals surface area (Å²) in [5, 5.41) is 2.86. The van der Waals surface area contributed by atoms with Gasteiger partial charge in [-0.15, -0.1) is 0 Å². The van der Waals surface area contributed by atoms with Crippen LogP contribution in [0.3, 0.4) is 0 Å². The molecule has 0 aliphatic heterocycles. The van der Waals surface area contributed by atoms with E-state index in [2.05, 4.69) is 15.0 Å². The second-order valence-corrected chi connectivity index (χ2v) is 6.16. The minimum Gasteiger partial charge on any atom is -0.316 e. The third kappa shape index (κ3) is 4.07. The highest BCUT2D eigenvalue weighted by Crippen LogP contribution is 2.17. The van der Waals surface area contributed by atoms with Crippen LogP contribution in [0.4, 0.5) is 4.39 Å². The molecule has 112 valence electrons. The fourth-order valence-electron chi connectivity index (χ4n) is 1.86. The van der Waals surface area contributed by atoms with Crippen LogP contribution in [0, 0.1) is 5.82 Å². The maximum absolute atomic E-state index is 13.4. The summed E-state index contributed by atoms with van der Waals surface area (Å²) in [7, 11) is -2.11. The van der Waals surface area contributed by atoms with Gasteiger partial charge in [0.15, 0.2) is 0 Å². The van der Waals surface area contributed by atoms with Crippen LogP contribution in [0.2, 0.25) is 0 Å². The maximum atomic E-state index is 13.4. The van der Waals surface area contributed by atoms with Crippen LogP contribution in [0.1, 0.15) is 11.3 Å². The number of rotatable bonds is 6. The zero-order valence-electron chi connectivity index (χ0n) is 11.5. The van der Waals surface area contributed by atoms with Crippen molar-refractivity contribution >= 4 is 10.0 Å². The van der Waals surface area contributed by atoms with Gasteiger partial charge in [0.25, 0.3) is 0 Å². The molecule has 2 aromatic rings. The molecule has 0 saturated carbocycles. The van der Waals surface area contributed by atoms with Crippen LogP contribution in [-0.4, -0.2) is 20.4 Å². The van der Waals surface area contributed by atoms with E-state index in [4.69, 9.17) is 0 Å². The van der Waals surface area contributed by atoms with E-state index in [0.717, 1.165) is 6.07 Å². The second-order valence-electron chi connectivity index (χ2n) is 4.43. The van der Waals surface area contributed by atoms with Crippen molar-refractivity contribution in [1.29, 1.82) is 0 Å². The SMILES string of the molecule is CNCc1ccc(F)cc1S(=O)(=O)NCc1ccccn1. The van der Waals surface area contributed by atoms with E-state index in [1.54, 1.807) is 31.4 Å². The Balaban J connectivity index is 2.24. The van der Waals surface area contributed by atoms with Gasteiger partial charge in [-0.3, -0.25) is 4.98 Å². The first-order valence-corrected chi connectivity index (χ1v) is 7.84. The average Bonchev–Trinajstić information content (AvgIpc) is 2.48. The summed E-state index contributed by atoms with van der Waals surface area (Å²) in [6.07, 6.45) is 1.58. The Morgan fingerprint density at radius 3 is 2.67 bits per heavy atom. The number of pyridine rings is 1. The summed E-state index contributed by atoms with van der Waals surface area (Å²) >= 11 is 0. The molecule has 0 bridgehead atoms. The molecule has 0 aliphatic carbocycles. The lowest BCUT2D eigenvalue weighted by Gasteiger charge is -2.11. The quantitative estimate of drug-likeness (QED) is 0.846. The van der Waals surface area contributed by atoms with Crippen LogP contribution in [0.15, 0.2) is 47.5 Å². The van der Waals surface area contributed by atoms with E-state index in [1.165, 1.54) is 12.1 Å². The number of hydrogen-bond acceptors (Lipinski definition) is 4. The van der Waals surface area contributed by atoms with E-state index in [0.29, 0.717) is 17.8 Å². The predicted molar refractivity (Wildman–Crippen MR) is 77.4 cm³/mol. The van der Waals surface area contributed by atoms with Gasteiger partial charge in [0.1, 0.15) is 5.82 Å². The number of aromatic nitrogens is 1. The second kappa shape index (κ2) is 6.75. The fraction of sp³-hybridized carbons (Fsp3) is 0.214. The van der Waals surface area contributed by atoms with Crippen molar-refractivity contribution < 1.29 is 12.8 Å². The largest absolute Gasteiger partial charge is 0.316 e. The molecule has 7 heteroatoms. The van der Waals surface area contributed by atoms with E-state index < -0.39 is 15.8 Å². The lowest BCUT2D eigenvalue weighted by molar-refractivity contribution is 0.573. The molecular weight excluding hydrogens is 293 g/mol. The monoisotopic (exact) mass is 309 g/mol. The Morgan fingerprint density at radius 2 is 2.00 bits per heavy atom. The third-order valence-corrected chi connectivity index (χ3v) is 4.34. The molecule has 5 nitrogen and oxygen atoms in total. The summed E-state index contributed by atoms with van der Waals surface area (Å²) in [6.45, 7) is 0.388. The smallest absolute Gasteiger partial charge is 0.241 e. The fourth-order valence-corrected chi connectivity index (χ4v) is 3.11. The van der Waals surface area contributed by atoms with Crippen LogP contribution in [0.5, 0.6) is 0 Å². The van der Waals surface area contributed by atoms with Crippen molar-refractivity contribution in [1.82, 2.24) is 15.0 Å². The Bertz CT molecular complexity index is 705. The van der Waals surface area contributed by atoms with Gasteiger partial charge in [-0.05, 0) is 36.9 Å². The minimum atomic E-state index is -3.80. The first-order valence-electron chi connectivity index (χ1n) is 6.35. The molecule has 1 aromatic heterocycles. The highest BCUT2D eigenvalue weighted by Gasteiger charge is 2.19. The number of nitrogens with one attached hydrogen (secondary N) is 2. The van der Waals surface area contributed by atoms with Gasteiger partial charge in [0, 0.05) is 12.7 Å². The Morgan fingerprint density at radius 1 is 1.19 bits per heavy atom. The van der Waals surface area contributed by atoms with E-state index in [9.17, 15) is 12.8 Å². The normalized spacial score (nSPS) is 11.5. The molecule has 0 saturated heterocycles. The Hall–Kier alpha value is -1.83. The third-order valence-electron chi connectivity index (χ3n) is 2.86. The van der Waals surface area contributed by atoms with Crippen molar-refractivity contribution in [2.45, 2.75) is 18.0 Å². The van der Waals surface area contributed by atoms with Gasteiger partial charge < -0.3 is 5.32 Å². The summed E-state index contributed by atoms with van der Waals surface area (Å²) in [4.78, 5) is 3.98. The van der Waals surface area contributed by atoms with E-state index in [-0.39, 0.29) is 11.4 Å². The van der Waals surface area contributed by atoms with Crippen LogP contribution >= 0.6 is 0 Å². The Labute approximate surface area is 123 Å². The van der Waals surface area contributed by atoms with Crippen molar-refractivity contribution in [3.8, 4) is 0 Å². The van der Waals surface area contributed by atoms with Crippen molar-refractivity contribution in [2.24, 2.45) is 0 Å². The lowest BCUT2D eigenvalue weighted by atomic mass is 10.2. The molecule has 0 aliphatic rings. The van der Waals surface area contributed by atoms with Crippen LogP contribution < -0.4 is 10.0 Å². The zero-order chi connectivity index (χ0) is 15.3. The van der Waals surface area contributed by atoms with Crippen molar-refractivity contribution in [3.05, 3.63) is 59.7 Å². The molecule has 1 heterocycles. The average molecular weight is 309 g/mol. The molecule has 2 rings (SSSR count). The summed E-state index contributed by atoms with van der Waals surface area (Å²) in [5.41, 5.74) is 1.10. The number of hydrogen-bond donors (Lipinski definition) is 2. The molecule has 0 unspecified atom stereocenters. The van der Waals surface area contributed by atoms with Crippen LogP contribution in [-0.2, 0) is 23.1 Å². The van der Waals surface area contributed by atoms with Gasteiger partial charge >= 0.3 is 0 Å². The molecule has 21 heavy (non-hydrogen) atoms. The first-order chi connectivity index (χ1) is 10.0. The van der Waals surface area contributed by atoms with Crippen molar-refractivity contribution in [2.75, 3.05) is 7.05 Å². The van der Waals surface area contributed by atoms with E-state index >= 15 is 0 Å². The topological polar surface area (TPSA) is 71.1 Å². The number of sulfonamides is 1. The molecule has 0 amide bonds. The lowest BCUT2D eigenvalue weighted by Crippen LogP contribution is -2.25. The molecule has 0 fully saturated rings. The molecule has 0 atom stereocenters. The van der Waals surface area contributed by atoms with Gasteiger partial charge in [-0.25, -0.2) is 17.5 Å². The summed E-state index contributed by atoms with van der Waals surface area (Å²) in [6, 6.07) is 8.95. The first kappa shape index (κ1) is 15.6. The van der Waals surface area contributed by atoms with Gasteiger partial charge in [0.05, 0.1) is 17.1 Å². The summed E-state index contributed by atoms with van der Waals surface area (Å²) < 4.78 is 40.4. The summed E-state index contributed by atoms with van der Waals surface area (Å²) in [5.74, 6) is -0.590. The predicted octanol–water partition coefficient (Wildman–Crippen LogP) is 1.42. The Kier molecular flexibility index (Phi) is 5.00. The minimum absolute atomic E-state index is 0.0542. The van der Waals surface area contributed by atoms with Gasteiger partial charge in [-0.2, -0.15) is 0 Å². The molecular formula is C14H16FN3O2S. The number of halogens is 1. The van der Waals surface area contributed by atoms with Crippen LogP contribution in [0.25, 0.3) is 0 Å². The highest BCUT2D eigenvalue weighted by atomic mass is 32.2. The highest BCUT2D eigenvalue weighted by molar-refractivity contribution is 7.89. The maximum Gasteiger partial charge on any atom is 0.241 e. The number of nitrogens with zero attached hydrogens (tertiary/aromatic N) is 1. The zero-order valence-corrected chi connectivity index (χ0v) is 12.3. The molecule has 1 aromatic carbocycles. The van der Waals surface area contributed by atoms with Crippen molar-refractivity contribution in [3.63, 3.8) is 0 Å². The molecule has 2 N–H and O–H groups in total. The molecule has 0 radical (unpaired) electrons. The number of benzene rings is 1. The molecule has 0 spiro atoms. The van der Waals surface area contributed by atoms with Gasteiger partial charge in [-0.1, -0.05) is 12.1 Å². The van der Waals surface area contributed by atoms with E-state index in [1.807, 2.05) is 0 Å². The standard InChI is InChI=1S/C14H16FN3O2S/c1-16-9-11-5-6-12(15)8-14(11)21(19,20)18-10-13-4-2-3-7-17-13/h2-8,16,18H,9-10H2,1H3.